The summed E-state index contributed by atoms with van der Waals surface area (Å²) in [5.74, 6) is 0.857. The molecule has 0 N–H and O–H groups in total. The zero-order valence-electron chi connectivity index (χ0n) is 10.3. The first-order valence-electron chi connectivity index (χ1n) is 5.90. The van der Waals surface area contributed by atoms with Crippen LogP contribution in [0.4, 0.5) is 0 Å². The Morgan fingerprint density at radius 2 is 2.25 bits per heavy atom. The molecule has 0 spiro atoms. The van der Waals surface area contributed by atoms with Gasteiger partial charge in [-0.2, -0.15) is 0 Å². The summed E-state index contributed by atoms with van der Waals surface area (Å²) in [5, 5.41) is 2.17. The van der Waals surface area contributed by atoms with Crippen molar-refractivity contribution in [3.05, 3.63) is 20.8 Å². The summed E-state index contributed by atoms with van der Waals surface area (Å²) in [5.41, 5.74) is 0.463. The molecular formula is C13H20BrNS. The second kappa shape index (κ2) is 4.79. The number of hydrogen-bond donors (Lipinski definition) is 0. The topological polar surface area (TPSA) is 3.24 Å². The maximum atomic E-state index is 3.52. The van der Waals surface area contributed by atoms with E-state index in [4.69, 9.17) is 0 Å². The van der Waals surface area contributed by atoms with Crippen LogP contribution in [-0.2, 0) is 6.54 Å². The van der Waals surface area contributed by atoms with Gasteiger partial charge in [0.25, 0.3) is 0 Å². The van der Waals surface area contributed by atoms with Crippen LogP contribution in [0.25, 0.3) is 0 Å². The zero-order chi connectivity index (χ0) is 11.8. The van der Waals surface area contributed by atoms with E-state index in [2.05, 4.69) is 53.0 Å². The molecule has 1 aliphatic heterocycles. The number of hydrogen-bond acceptors (Lipinski definition) is 2. The highest BCUT2D eigenvalue weighted by atomic mass is 79.9. The Bertz CT molecular complexity index is 353. The van der Waals surface area contributed by atoms with E-state index in [0.29, 0.717) is 5.41 Å². The van der Waals surface area contributed by atoms with Crippen molar-refractivity contribution >= 4 is 27.3 Å². The van der Waals surface area contributed by atoms with Crippen molar-refractivity contribution in [3.63, 3.8) is 0 Å². The maximum Gasteiger partial charge on any atom is 0.0328 e. The van der Waals surface area contributed by atoms with Gasteiger partial charge in [0.2, 0.25) is 0 Å². The smallest absolute Gasteiger partial charge is 0.0328 e. The highest BCUT2D eigenvalue weighted by Gasteiger charge is 2.31. The predicted octanol–water partition coefficient (Wildman–Crippen LogP) is 4.38. The van der Waals surface area contributed by atoms with Gasteiger partial charge < -0.3 is 0 Å². The predicted molar refractivity (Wildman–Crippen MR) is 74.9 cm³/mol. The fourth-order valence-electron chi connectivity index (χ4n) is 2.34. The molecule has 2 rings (SSSR count). The summed E-state index contributed by atoms with van der Waals surface area (Å²) in [6.45, 7) is 10.7. The van der Waals surface area contributed by atoms with E-state index >= 15 is 0 Å². The van der Waals surface area contributed by atoms with Gasteiger partial charge in [0.15, 0.2) is 0 Å². The molecule has 0 aromatic carbocycles. The second-order valence-corrected chi connectivity index (χ2v) is 7.73. The molecule has 1 aromatic rings. The quantitative estimate of drug-likeness (QED) is 0.783. The first kappa shape index (κ1) is 12.6. The molecule has 1 aromatic heterocycles. The van der Waals surface area contributed by atoms with E-state index in [-0.39, 0.29) is 0 Å². The van der Waals surface area contributed by atoms with Crippen LogP contribution in [0, 0.1) is 11.3 Å². The van der Waals surface area contributed by atoms with Gasteiger partial charge in [-0.05, 0) is 46.3 Å². The lowest BCUT2D eigenvalue weighted by molar-refractivity contribution is 0.227. The molecule has 1 unspecified atom stereocenters. The normalized spacial score (nSPS) is 22.9. The molecule has 0 radical (unpaired) electrons. The van der Waals surface area contributed by atoms with Gasteiger partial charge in [-0.25, -0.2) is 0 Å². The van der Waals surface area contributed by atoms with Crippen molar-refractivity contribution < 1.29 is 0 Å². The third-order valence-corrected chi connectivity index (χ3v) is 5.18. The zero-order valence-corrected chi connectivity index (χ0v) is 12.7. The Balaban J connectivity index is 1.90. The Hall–Kier alpha value is 0.140. The van der Waals surface area contributed by atoms with Crippen molar-refractivity contribution in [1.29, 1.82) is 0 Å². The summed E-state index contributed by atoms with van der Waals surface area (Å²) < 4.78 is 1.22. The Morgan fingerprint density at radius 1 is 1.50 bits per heavy atom. The van der Waals surface area contributed by atoms with E-state index in [1.807, 2.05) is 11.3 Å². The van der Waals surface area contributed by atoms with Crippen molar-refractivity contribution in [2.24, 2.45) is 11.3 Å². The maximum absolute atomic E-state index is 3.52. The van der Waals surface area contributed by atoms with E-state index < -0.39 is 0 Å². The van der Waals surface area contributed by atoms with Gasteiger partial charge in [-0.3, -0.25) is 4.90 Å². The molecular weight excluding hydrogens is 282 g/mol. The average molecular weight is 302 g/mol. The summed E-state index contributed by atoms with van der Waals surface area (Å²) in [7, 11) is 0. The molecule has 0 aliphatic carbocycles. The Kier molecular flexibility index (Phi) is 3.77. The van der Waals surface area contributed by atoms with Gasteiger partial charge in [0, 0.05) is 27.8 Å². The molecule has 0 amide bonds. The first-order chi connectivity index (χ1) is 7.45. The summed E-state index contributed by atoms with van der Waals surface area (Å²) in [6, 6.07) is 2.25. The molecule has 1 saturated heterocycles. The number of rotatable bonds is 2. The molecule has 90 valence electrons. The summed E-state index contributed by atoms with van der Waals surface area (Å²) in [4.78, 5) is 4.07. The molecule has 2 heterocycles. The van der Waals surface area contributed by atoms with E-state index in [1.54, 1.807) is 0 Å². The number of nitrogens with zero attached hydrogens (tertiary/aromatic N) is 1. The standard InChI is InChI=1S/C13H20BrNS/c1-13(2,3)10-4-5-15(7-10)8-12-6-11(14)9-16-12/h6,9-10H,4-5,7-8H2,1-3H3. The van der Waals surface area contributed by atoms with E-state index in [0.717, 1.165) is 12.5 Å². The van der Waals surface area contributed by atoms with Crippen molar-refractivity contribution in [2.75, 3.05) is 13.1 Å². The van der Waals surface area contributed by atoms with Crippen LogP contribution in [-0.4, -0.2) is 18.0 Å². The third-order valence-electron chi connectivity index (χ3n) is 3.50. The summed E-state index contributed by atoms with van der Waals surface area (Å²) >= 11 is 5.37. The van der Waals surface area contributed by atoms with Gasteiger partial charge in [0.1, 0.15) is 0 Å². The van der Waals surface area contributed by atoms with Crippen LogP contribution in [0.1, 0.15) is 32.1 Å². The van der Waals surface area contributed by atoms with Crippen LogP contribution >= 0.6 is 27.3 Å². The molecule has 3 heteroatoms. The molecule has 1 nitrogen and oxygen atoms in total. The second-order valence-electron chi connectivity index (χ2n) is 5.82. The van der Waals surface area contributed by atoms with Crippen LogP contribution in [0.2, 0.25) is 0 Å². The fraction of sp³-hybridized carbons (Fsp3) is 0.692. The third kappa shape index (κ3) is 3.08. The largest absolute Gasteiger partial charge is 0.298 e. The highest BCUT2D eigenvalue weighted by molar-refractivity contribution is 9.10. The fourth-order valence-corrected chi connectivity index (χ4v) is 3.83. The lowest BCUT2D eigenvalue weighted by Crippen LogP contribution is -2.25. The van der Waals surface area contributed by atoms with Crippen molar-refractivity contribution in [2.45, 2.75) is 33.7 Å². The molecule has 1 aliphatic rings. The Labute approximate surface area is 111 Å². The van der Waals surface area contributed by atoms with Crippen LogP contribution in [0.5, 0.6) is 0 Å². The van der Waals surface area contributed by atoms with Crippen molar-refractivity contribution in [1.82, 2.24) is 4.90 Å². The molecule has 1 atom stereocenters. The van der Waals surface area contributed by atoms with E-state index in [1.165, 1.54) is 28.9 Å². The summed E-state index contributed by atoms with van der Waals surface area (Å²) in [6.07, 6.45) is 1.36. The lowest BCUT2D eigenvalue weighted by Gasteiger charge is -2.27. The van der Waals surface area contributed by atoms with Gasteiger partial charge in [-0.1, -0.05) is 20.8 Å². The lowest BCUT2D eigenvalue weighted by atomic mass is 9.80. The van der Waals surface area contributed by atoms with Crippen LogP contribution < -0.4 is 0 Å². The minimum atomic E-state index is 0.463. The minimum Gasteiger partial charge on any atom is -0.298 e. The number of likely N-dealkylation sites (tertiary alicyclic amines) is 1. The first-order valence-corrected chi connectivity index (χ1v) is 7.57. The highest BCUT2D eigenvalue weighted by Crippen LogP contribution is 2.34. The molecule has 16 heavy (non-hydrogen) atoms. The van der Waals surface area contributed by atoms with Crippen molar-refractivity contribution in [3.8, 4) is 0 Å². The molecule has 0 bridgehead atoms. The monoisotopic (exact) mass is 301 g/mol. The Morgan fingerprint density at radius 3 is 2.75 bits per heavy atom. The van der Waals surface area contributed by atoms with Gasteiger partial charge in [-0.15, -0.1) is 11.3 Å². The number of thiophene rings is 1. The number of halogens is 1. The SMILES string of the molecule is CC(C)(C)C1CCN(Cc2cc(Br)cs2)C1. The van der Waals surface area contributed by atoms with Gasteiger partial charge >= 0.3 is 0 Å². The molecule has 1 fully saturated rings. The van der Waals surface area contributed by atoms with Crippen LogP contribution in [0.3, 0.4) is 0 Å². The minimum absolute atomic E-state index is 0.463. The van der Waals surface area contributed by atoms with E-state index in [9.17, 15) is 0 Å². The average Bonchev–Trinajstić information content (AvgIpc) is 2.74. The van der Waals surface area contributed by atoms with Gasteiger partial charge in [0.05, 0.1) is 0 Å². The van der Waals surface area contributed by atoms with Crippen LogP contribution in [0.15, 0.2) is 15.9 Å². The molecule has 0 saturated carbocycles.